The molecule has 0 aliphatic heterocycles. The molecule has 0 fully saturated rings. The van der Waals surface area contributed by atoms with E-state index in [1.807, 2.05) is 13.8 Å². The summed E-state index contributed by atoms with van der Waals surface area (Å²) < 4.78 is 26.5. The van der Waals surface area contributed by atoms with Crippen molar-refractivity contribution in [3.05, 3.63) is 18.3 Å². The van der Waals surface area contributed by atoms with Gasteiger partial charge in [-0.1, -0.05) is 13.8 Å². The van der Waals surface area contributed by atoms with E-state index in [-0.39, 0.29) is 10.9 Å². The molecule has 1 unspecified atom stereocenters. The molecule has 0 radical (unpaired) electrons. The number of hydrogen-bond donors (Lipinski definition) is 2. The van der Waals surface area contributed by atoms with Gasteiger partial charge in [0.2, 0.25) is 10.0 Å². The zero-order valence-corrected chi connectivity index (χ0v) is 11.9. The van der Waals surface area contributed by atoms with Gasteiger partial charge in [-0.3, -0.25) is 0 Å². The Hall–Kier alpha value is -1.14. The summed E-state index contributed by atoms with van der Waals surface area (Å²) in [6.07, 6.45) is 3.13. The molecular weight excluding hydrogens is 250 g/mol. The molecule has 6 heteroatoms. The molecule has 0 bridgehead atoms. The van der Waals surface area contributed by atoms with Crippen molar-refractivity contribution in [1.29, 1.82) is 0 Å². The molecule has 1 rings (SSSR count). The van der Waals surface area contributed by atoms with Crippen molar-refractivity contribution < 1.29 is 8.42 Å². The maximum atomic E-state index is 12.0. The first-order valence-corrected chi connectivity index (χ1v) is 7.70. The van der Waals surface area contributed by atoms with E-state index >= 15 is 0 Å². The van der Waals surface area contributed by atoms with Crippen molar-refractivity contribution in [3.8, 4) is 0 Å². The first-order valence-electron chi connectivity index (χ1n) is 6.21. The normalized spacial score (nSPS) is 13.3. The van der Waals surface area contributed by atoms with Crippen LogP contribution in [0.3, 0.4) is 0 Å². The van der Waals surface area contributed by atoms with Gasteiger partial charge < -0.3 is 5.32 Å². The second-order valence-electron chi connectivity index (χ2n) is 4.24. The van der Waals surface area contributed by atoms with Crippen LogP contribution in [0, 0.1) is 0 Å². The van der Waals surface area contributed by atoms with Gasteiger partial charge in [0.05, 0.1) is 0 Å². The van der Waals surface area contributed by atoms with Gasteiger partial charge in [0, 0.05) is 18.8 Å². The molecule has 5 nitrogen and oxygen atoms in total. The maximum absolute atomic E-state index is 12.0. The van der Waals surface area contributed by atoms with Crippen LogP contribution < -0.4 is 10.0 Å². The smallest absolute Gasteiger partial charge is 0.242 e. The summed E-state index contributed by atoms with van der Waals surface area (Å²) in [6, 6.07) is 3.17. The van der Waals surface area contributed by atoms with E-state index in [1.54, 1.807) is 12.1 Å². The van der Waals surface area contributed by atoms with E-state index in [1.165, 1.54) is 6.20 Å². The molecule has 18 heavy (non-hydrogen) atoms. The number of aromatic nitrogens is 1. The molecule has 0 saturated carbocycles. The van der Waals surface area contributed by atoms with E-state index in [0.29, 0.717) is 5.82 Å². The Balaban J connectivity index is 2.77. The van der Waals surface area contributed by atoms with Crippen LogP contribution in [0.25, 0.3) is 0 Å². The van der Waals surface area contributed by atoms with Gasteiger partial charge in [-0.05, 0) is 31.9 Å². The largest absolute Gasteiger partial charge is 0.370 e. The number of nitrogens with zero attached hydrogens (tertiary/aromatic N) is 1. The quantitative estimate of drug-likeness (QED) is 0.795. The van der Waals surface area contributed by atoms with Crippen LogP contribution in [0.15, 0.2) is 23.2 Å². The fraction of sp³-hybridized carbons (Fsp3) is 0.583. The van der Waals surface area contributed by atoms with Gasteiger partial charge in [-0.2, -0.15) is 0 Å². The fourth-order valence-electron chi connectivity index (χ4n) is 1.31. The minimum Gasteiger partial charge on any atom is -0.370 e. The minimum atomic E-state index is -3.45. The maximum Gasteiger partial charge on any atom is 0.242 e. The average molecular weight is 271 g/mol. The minimum absolute atomic E-state index is 0.0760. The molecule has 0 spiro atoms. The number of sulfonamides is 1. The van der Waals surface area contributed by atoms with Crippen molar-refractivity contribution in [2.45, 2.75) is 44.6 Å². The van der Waals surface area contributed by atoms with E-state index in [9.17, 15) is 8.42 Å². The van der Waals surface area contributed by atoms with Crippen molar-refractivity contribution in [2.24, 2.45) is 0 Å². The Morgan fingerprint density at radius 3 is 2.56 bits per heavy atom. The third kappa shape index (κ3) is 4.27. The fourth-order valence-corrected chi connectivity index (χ4v) is 2.58. The number of anilines is 1. The van der Waals surface area contributed by atoms with Crippen LogP contribution in [-0.4, -0.2) is 26.0 Å². The first-order chi connectivity index (χ1) is 8.49. The molecule has 102 valence electrons. The highest BCUT2D eigenvalue weighted by Gasteiger charge is 2.16. The zero-order chi connectivity index (χ0) is 13.6. The lowest BCUT2D eigenvalue weighted by atomic mass is 10.3. The predicted molar refractivity (Wildman–Crippen MR) is 73.1 cm³/mol. The number of pyridine rings is 1. The molecule has 0 amide bonds. The lowest BCUT2D eigenvalue weighted by Crippen LogP contribution is -2.32. The monoisotopic (exact) mass is 271 g/mol. The molecule has 0 saturated heterocycles. The highest BCUT2D eigenvalue weighted by molar-refractivity contribution is 7.89. The van der Waals surface area contributed by atoms with Crippen molar-refractivity contribution >= 4 is 15.8 Å². The molecule has 1 atom stereocenters. The van der Waals surface area contributed by atoms with Crippen LogP contribution in [0.2, 0.25) is 0 Å². The first kappa shape index (κ1) is 14.9. The molecule has 1 heterocycles. The van der Waals surface area contributed by atoms with Gasteiger partial charge in [-0.15, -0.1) is 0 Å². The third-order valence-electron chi connectivity index (χ3n) is 2.57. The second kappa shape index (κ2) is 6.70. The summed E-state index contributed by atoms with van der Waals surface area (Å²) in [6.45, 7) is 6.65. The Kier molecular flexibility index (Phi) is 5.55. The predicted octanol–water partition coefficient (Wildman–Crippen LogP) is 1.98. The summed E-state index contributed by atoms with van der Waals surface area (Å²) in [4.78, 5) is 4.28. The number of hydrogen-bond acceptors (Lipinski definition) is 4. The van der Waals surface area contributed by atoms with Gasteiger partial charge in [-0.25, -0.2) is 18.1 Å². The van der Waals surface area contributed by atoms with Gasteiger partial charge >= 0.3 is 0 Å². The number of rotatable bonds is 7. The van der Waals surface area contributed by atoms with E-state index in [2.05, 4.69) is 21.9 Å². The van der Waals surface area contributed by atoms with Crippen LogP contribution >= 0.6 is 0 Å². The molecule has 1 aromatic heterocycles. The molecule has 1 aromatic rings. The molecule has 0 aromatic carbocycles. The summed E-state index contributed by atoms with van der Waals surface area (Å²) in [7, 11) is -3.45. The van der Waals surface area contributed by atoms with Gasteiger partial charge in [0.1, 0.15) is 10.7 Å². The Labute approximate surface area is 109 Å². The standard InChI is InChI=1S/C12H21N3O2S/c1-4-8-13-12-7-6-11(9-14-12)18(16,17)15-10(3)5-2/h6-7,9-10,15H,4-5,8H2,1-3H3,(H,13,14). The average Bonchev–Trinajstić information content (AvgIpc) is 2.36. The van der Waals surface area contributed by atoms with Gasteiger partial charge in [0.25, 0.3) is 0 Å². The Morgan fingerprint density at radius 2 is 2.06 bits per heavy atom. The van der Waals surface area contributed by atoms with Crippen LogP contribution in [-0.2, 0) is 10.0 Å². The van der Waals surface area contributed by atoms with Crippen molar-refractivity contribution in [2.75, 3.05) is 11.9 Å². The van der Waals surface area contributed by atoms with Crippen molar-refractivity contribution in [1.82, 2.24) is 9.71 Å². The highest BCUT2D eigenvalue weighted by Crippen LogP contribution is 2.11. The summed E-state index contributed by atoms with van der Waals surface area (Å²) >= 11 is 0. The second-order valence-corrected chi connectivity index (χ2v) is 5.95. The lowest BCUT2D eigenvalue weighted by Gasteiger charge is -2.12. The van der Waals surface area contributed by atoms with E-state index in [4.69, 9.17) is 0 Å². The lowest BCUT2D eigenvalue weighted by molar-refractivity contribution is 0.555. The number of nitrogens with one attached hydrogen (secondary N) is 2. The van der Waals surface area contributed by atoms with Crippen LogP contribution in [0.5, 0.6) is 0 Å². The van der Waals surface area contributed by atoms with Crippen molar-refractivity contribution in [3.63, 3.8) is 0 Å². The molecule has 0 aliphatic carbocycles. The van der Waals surface area contributed by atoms with E-state index in [0.717, 1.165) is 19.4 Å². The topological polar surface area (TPSA) is 71.1 Å². The molecule has 2 N–H and O–H groups in total. The summed E-state index contributed by atoms with van der Waals surface area (Å²) in [5.41, 5.74) is 0. The molecular formula is C12H21N3O2S. The van der Waals surface area contributed by atoms with Gasteiger partial charge in [0.15, 0.2) is 0 Å². The Morgan fingerprint density at radius 1 is 1.33 bits per heavy atom. The Bertz CT molecular complexity index is 457. The zero-order valence-electron chi connectivity index (χ0n) is 11.1. The third-order valence-corrected chi connectivity index (χ3v) is 4.15. The van der Waals surface area contributed by atoms with Crippen LogP contribution in [0.1, 0.15) is 33.6 Å². The van der Waals surface area contributed by atoms with E-state index < -0.39 is 10.0 Å². The highest BCUT2D eigenvalue weighted by atomic mass is 32.2. The van der Waals surface area contributed by atoms with Crippen LogP contribution in [0.4, 0.5) is 5.82 Å². The SMILES string of the molecule is CCCNc1ccc(S(=O)(=O)NC(C)CC)cn1. The summed E-state index contributed by atoms with van der Waals surface area (Å²) in [5.74, 6) is 0.694. The summed E-state index contributed by atoms with van der Waals surface area (Å²) in [5, 5.41) is 3.10. The molecule has 0 aliphatic rings.